The average molecular weight is 263 g/mol. The molecule has 1 aromatic carbocycles. The third-order valence-corrected chi connectivity index (χ3v) is 3.84. The van der Waals surface area contributed by atoms with Crippen LogP contribution in [0, 0.1) is 13.8 Å². The molecule has 3 nitrogen and oxygen atoms in total. The maximum atomic E-state index is 12.0. The number of Topliss-reactive ketones (excluding diaryl/α,β-unsaturated/α-hetero) is 1. The number of benzene rings is 1. The fourth-order valence-electron chi connectivity index (χ4n) is 2.38. The van der Waals surface area contributed by atoms with Crippen molar-refractivity contribution in [1.29, 1.82) is 0 Å². The van der Waals surface area contributed by atoms with Crippen LogP contribution >= 0.6 is 11.8 Å². The first kappa shape index (κ1) is 13.1. The van der Waals surface area contributed by atoms with E-state index >= 15 is 0 Å². The summed E-state index contributed by atoms with van der Waals surface area (Å²) in [7, 11) is 0. The van der Waals surface area contributed by atoms with E-state index in [1.807, 2.05) is 32.2 Å². The molecule has 0 N–H and O–H groups in total. The van der Waals surface area contributed by atoms with Crippen LogP contribution in [0.1, 0.15) is 27.9 Å². The number of fused-ring (bicyclic) bond motifs is 1. The van der Waals surface area contributed by atoms with Crippen molar-refractivity contribution >= 4 is 29.1 Å². The molecular formula is C14H17NO2S. The van der Waals surface area contributed by atoms with Crippen LogP contribution in [0.15, 0.2) is 12.1 Å². The second kappa shape index (κ2) is 5.14. The molecule has 0 atom stereocenters. The van der Waals surface area contributed by atoms with E-state index in [-0.39, 0.29) is 11.7 Å². The van der Waals surface area contributed by atoms with Gasteiger partial charge >= 0.3 is 0 Å². The van der Waals surface area contributed by atoms with Crippen LogP contribution in [0.5, 0.6) is 0 Å². The molecule has 1 amide bonds. The van der Waals surface area contributed by atoms with Crippen molar-refractivity contribution in [2.75, 3.05) is 23.5 Å². The molecule has 96 valence electrons. The van der Waals surface area contributed by atoms with Crippen molar-refractivity contribution in [2.24, 2.45) is 0 Å². The third-order valence-electron chi connectivity index (χ3n) is 3.15. The largest absolute Gasteiger partial charge is 0.305 e. The molecule has 2 rings (SSSR count). The SMILES string of the molecule is CSCCCN1C(=O)C(=O)c2c(C)cc(C)cc21. The lowest BCUT2D eigenvalue weighted by molar-refractivity contribution is -0.114. The topological polar surface area (TPSA) is 37.4 Å². The van der Waals surface area contributed by atoms with Gasteiger partial charge in [-0.1, -0.05) is 6.07 Å². The normalized spacial score (nSPS) is 14.3. The van der Waals surface area contributed by atoms with Gasteiger partial charge in [-0.15, -0.1) is 0 Å². The predicted molar refractivity (Wildman–Crippen MR) is 75.6 cm³/mol. The van der Waals surface area contributed by atoms with E-state index in [4.69, 9.17) is 0 Å². The second-order valence-electron chi connectivity index (χ2n) is 4.61. The monoisotopic (exact) mass is 263 g/mol. The van der Waals surface area contributed by atoms with Crippen molar-refractivity contribution in [3.05, 3.63) is 28.8 Å². The Kier molecular flexibility index (Phi) is 3.76. The Morgan fingerprint density at radius 3 is 2.61 bits per heavy atom. The first-order chi connectivity index (χ1) is 8.56. The maximum absolute atomic E-state index is 12.0. The van der Waals surface area contributed by atoms with E-state index in [9.17, 15) is 9.59 Å². The van der Waals surface area contributed by atoms with Gasteiger partial charge in [0, 0.05) is 6.54 Å². The lowest BCUT2D eigenvalue weighted by atomic mass is 10.0. The van der Waals surface area contributed by atoms with Crippen molar-refractivity contribution in [1.82, 2.24) is 0 Å². The number of carbonyl (C=O) groups excluding carboxylic acids is 2. The zero-order valence-corrected chi connectivity index (χ0v) is 11.8. The number of nitrogens with zero attached hydrogens (tertiary/aromatic N) is 1. The van der Waals surface area contributed by atoms with Gasteiger partial charge in [-0.2, -0.15) is 11.8 Å². The molecule has 0 saturated carbocycles. The van der Waals surface area contributed by atoms with E-state index in [0.29, 0.717) is 12.1 Å². The number of anilines is 1. The Morgan fingerprint density at radius 2 is 1.94 bits per heavy atom. The molecule has 1 aliphatic rings. The molecule has 0 radical (unpaired) electrons. The number of thioether (sulfide) groups is 1. The van der Waals surface area contributed by atoms with E-state index in [1.165, 1.54) is 0 Å². The summed E-state index contributed by atoms with van der Waals surface area (Å²) in [4.78, 5) is 25.6. The van der Waals surface area contributed by atoms with Crippen molar-refractivity contribution in [3.8, 4) is 0 Å². The third kappa shape index (κ3) is 2.17. The zero-order valence-electron chi connectivity index (χ0n) is 10.9. The molecule has 0 spiro atoms. The predicted octanol–water partition coefficient (Wildman–Crippen LogP) is 2.59. The number of carbonyl (C=O) groups is 2. The lowest BCUT2D eigenvalue weighted by Gasteiger charge is -2.16. The molecule has 1 aliphatic heterocycles. The Hall–Kier alpha value is -1.29. The lowest BCUT2D eigenvalue weighted by Crippen LogP contribution is -2.30. The fourth-order valence-corrected chi connectivity index (χ4v) is 2.80. The number of aryl methyl sites for hydroxylation is 2. The molecule has 4 heteroatoms. The highest BCUT2D eigenvalue weighted by atomic mass is 32.2. The first-order valence-corrected chi connectivity index (χ1v) is 7.42. The number of rotatable bonds is 4. The minimum absolute atomic E-state index is 0.355. The van der Waals surface area contributed by atoms with Crippen molar-refractivity contribution in [2.45, 2.75) is 20.3 Å². The second-order valence-corrected chi connectivity index (χ2v) is 5.59. The van der Waals surface area contributed by atoms with E-state index in [1.54, 1.807) is 16.7 Å². The minimum Gasteiger partial charge on any atom is -0.305 e. The Bertz CT molecular complexity index is 511. The van der Waals surface area contributed by atoms with E-state index < -0.39 is 0 Å². The average Bonchev–Trinajstić information content (AvgIpc) is 2.54. The van der Waals surface area contributed by atoms with Gasteiger partial charge in [-0.25, -0.2) is 0 Å². The Labute approximate surface area is 112 Å². The molecule has 0 fully saturated rings. The van der Waals surface area contributed by atoms with Gasteiger partial charge in [-0.05, 0) is 49.5 Å². The highest BCUT2D eigenvalue weighted by molar-refractivity contribution is 7.98. The summed E-state index contributed by atoms with van der Waals surface area (Å²) in [6.07, 6.45) is 2.95. The molecule has 18 heavy (non-hydrogen) atoms. The van der Waals surface area contributed by atoms with Crippen LogP contribution in [-0.2, 0) is 4.79 Å². The zero-order chi connectivity index (χ0) is 13.3. The van der Waals surface area contributed by atoms with Crippen LogP contribution in [0.3, 0.4) is 0 Å². The summed E-state index contributed by atoms with van der Waals surface area (Å²) in [6, 6.07) is 3.89. The summed E-state index contributed by atoms with van der Waals surface area (Å²) in [5, 5.41) is 0. The smallest absolute Gasteiger partial charge is 0.299 e. The van der Waals surface area contributed by atoms with Gasteiger partial charge in [0.05, 0.1) is 11.3 Å². The maximum Gasteiger partial charge on any atom is 0.299 e. The minimum atomic E-state index is -0.375. The number of hydrogen-bond donors (Lipinski definition) is 0. The van der Waals surface area contributed by atoms with Crippen LogP contribution in [0.25, 0.3) is 0 Å². The summed E-state index contributed by atoms with van der Waals surface area (Å²) >= 11 is 1.75. The molecule has 0 aromatic heterocycles. The van der Waals surface area contributed by atoms with Gasteiger partial charge in [-0.3, -0.25) is 9.59 Å². The quantitative estimate of drug-likeness (QED) is 0.619. The highest BCUT2D eigenvalue weighted by Gasteiger charge is 2.36. The number of amides is 1. The van der Waals surface area contributed by atoms with E-state index in [0.717, 1.165) is 29.0 Å². The molecule has 0 aliphatic carbocycles. The van der Waals surface area contributed by atoms with Crippen LogP contribution < -0.4 is 4.90 Å². The number of ketones is 1. The van der Waals surface area contributed by atoms with Gasteiger partial charge in [0.25, 0.3) is 11.7 Å². The molecule has 0 bridgehead atoms. The van der Waals surface area contributed by atoms with Gasteiger partial charge in [0.2, 0.25) is 0 Å². The van der Waals surface area contributed by atoms with Gasteiger partial charge in [0.1, 0.15) is 0 Å². The molecular weight excluding hydrogens is 246 g/mol. The summed E-state index contributed by atoms with van der Waals surface area (Å²) in [5.41, 5.74) is 3.37. The Balaban J connectivity index is 2.35. The molecule has 0 unspecified atom stereocenters. The summed E-state index contributed by atoms with van der Waals surface area (Å²) in [5.74, 6) is 0.268. The van der Waals surface area contributed by atoms with Gasteiger partial charge < -0.3 is 4.90 Å². The van der Waals surface area contributed by atoms with Crippen LogP contribution in [0.2, 0.25) is 0 Å². The van der Waals surface area contributed by atoms with Crippen molar-refractivity contribution in [3.63, 3.8) is 0 Å². The summed E-state index contributed by atoms with van der Waals surface area (Å²) < 4.78 is 0. The number of hydrogen-bond acceptors (Lipinski definition) is 3. The van der Waals surface area contributed by atoms with Crippen LogP contribution in [0.4, 0.5) is 5.69 Å². The fraction of sp³-hybridized carbons (Fsp3) is 0.429. The first-order valence-electron chi connectivity index (χ1n) is 6.02. The Morgan fingerprint density at radius 1 is 1.22 bits per heavy atom. The summed E-state index contributed by atoms with van der Waals surface area (Å²) in [6.45, 7) is 4.50. The highest BCUT2D eigenvalue weighted by Crippen LogP contribution is 2.32. The molecule has 1 heterocycles. The van der Waals surface area contributed by atoms with E-state index in [2.05, 4.69) is 0 Å². The van der Waals surface area contributed by atoms with Gasteiger partial charge in [0.15, 0.2) is 0 Å². The van der Waals surface area contributed by atoms with Crippen LogP contribution in [-0.4, -0.2) is 30.2 Å². The van der Waals surface area contributed by atoms with Crippen molar-refractivity contribution < 1.29 is 9.59 Å². The standard InChI is InChI=1S/C14H17NO2S/c1-9-7-10(2)12-11(8-9)15(5-4-6-18-3)14(17)13(12)16/h7-8H,4-6H2,1-3H3. The molecule has 1 aromatic rings. The molecule has 0 saturated heterocycles.